The minimum absolute atomic E-state index is 0.0716. The lowest BCUT2D eigenvalue weighted by Gasteiger charge is -2.36. The molecular formula is C16H23NO3. The zero-order valence-electron chi connectivity index (χ0n) is 12.4. The van der Waals surface area contributed by atoms with Crippen LogP contribution in [0.25, 0.3) is 0 Å². The van der Waals surface area contributed by atoms with E-state index >= 15 is 0 Å². The van der Waals surface area contributed by atoms with Crippen LogP contribution in [0, 0.1) is 0 Å². The van der Waals surface area contributed by atoms with E-state index in [1.54, 1.807) is 6.07 Å². The highest BCUT2D eigenvalue weighted by Crippen LogP contribution is 2.24. The van der Waals surface area contributed by atoms with Crippen molar-refractivity contribution in [1.82, 2.24) is 5.32 Å². The highest BCUT2D eigenvalue weighted by atomic mass is 16.5. The molecule has 0 spiro atoms. The van der Waals surface area contributed by atoms with Crippen LogP contribution in [0.4, 0.5) is 0 Å². The number of methoxy groups -OCH3 is 1. The van der Waals surface area contributed by atoms with Gasteiger partial charge >= 0.3 is 5.97 Å². The molecule has 1 aliphatic rings. The molecule has 1 saturated heterocycles. The lowest BCUT2D eigenvalue weighted by molar-refractivity contribution is -0.0630. The quantitative estimate of drug-likeness (QED) is 0.859. The van der Waals surface area contributed by atoms with Crippen molar-refractivity contribution in [2.24, 2.45) is 0 Å². The van der Waals surface area contributed by atoms with Crippen molar-refractivity contribution in [2.75, 3.05) is 13.7 Å². The van der Waals surface area contributed by atoms with Crippen molar-refractivity contribution in [3.05, 3.63) is 35.4 Å². The molecule has 1 aliphatic heterocycles. The summed E-state index contributed by atoms with van der Waals surface area (Å²) in [5, 5.41) is 3.53. The van der Waals surface area contributed by atoms with Gasteiger partial charge in [0.1, 0.15) is 0 Å². The zero-order valence-corrected chi connectivity index (χ0v) is 12.4. The molecule has 1 aromatic rings. The van der Waals surface area contributed by atoms with Crippen LogP contribution < -0.4 is 5.32 Å². The molecule has 20 heavy (non-hydrogen) atoms. The molecule has 0 radical (unpaired) electrons. The number of benzene rings is 1. The topological polar surface area (TPSA) is 47.6 Å². The Morgan fingerprint density at radius 1 is 1.45 bits per heavy atom. The van der Waals surface area contributed by atoms with Gasteiger partial charge in [0.05, 0.1) is 18.3 Å². The number of nitrogens with one attached hydrogen (secondary N) is 1. The van der Waals surface area contributed by atoms with Crippen molar-refractivity contribution in [2.45, 2.75) is 44.9 Å². The van der Waals surface area contributed by atoms with E-state index in [2.05, 4.69) is 19.2 Å². The van der Waals surface area contributed by atoms with E-state index in [1.165, 1.54) is 7.11 Å². The SMILES string of the molecule is COC(=O)c1ccccc1CNC1CCOC(C)(C)C1. The molecule has 1 fully saturated rings. The predicted octanol–water partition coefficient (Wildman–Crippen LogP) is 2.52. The summed E-state index contributed by atoms with van der Waals surface area (Å²) in [6.07, 6.45) is 1.98. The van der Waals surface area contributed by atoms with Gasteiger partial charge in [-0.3, -0.25) is 0 Å². The second kappa shape index (κ2) is 6.37. The summed E-state index contributed by atoms with van der Waals surface area (Å²) in [5.74, 6) is -0.283. The number of ether oxygens (including phenoxy) is 2. The van der Waals surface area contributed by atoms with Gasteiger partial charge in [-0.05, 0) is 38.3 Å². The van der Waals surface area contributed by atoms with Gasteiger partial charge in [-0.2, -0.15) is 0 Å². The Hall–Kier alpha value is -1.39. The average Bonchev–Trinajstić information content (AvgIpc) is 2.43. The molecule has 1 unspecified atom stereocenters. The van der Waals surface area contributed by atoms with E-state index in [-0.39, 0.29) is 11.6 Å². The molecule has 1 heterocycles. The van der Waals surface area contributed by atoms with E-state index in [4.69, 9.17) is 9.47 Å². The predicted molar refractivity (Wildman–Crippen MR) is 77.7 cm³/mol. The third-order valence-corrected chi connectivity index (χ3v) is 3.70. The molecule has 4 heteroatoms. The van der Waals surface area contributed by atoms with Crippen molar-refractivity contribution in [3.63, 3.8) is 0 Å². The summed E-state index contributed by atoms with van der Waals surface area (Å²) in [6, 6.07) is 7.98. The normalized spacial score (nSPS) is 21.4. The second-order valence-corrected chi connectivity index (χ2v) is 5.83. The lowest BCUT2D eigenvalue weighted by Crippen LogP contribution is -2.43. The Kier molecular flexibility index (Phi) is 4.78. The van der Waals surface area contributed by atoms with E-state index in [1.807, 2.05) is 18.2 Å². The number of rotatable bonds is 4. The Labute approximate surface area is 120 Å². The van der Waals surface area contributed by atoms with Crippen molar-refractivity contribution >= 4 is 5.97 Å². The van der Waals surface area contributed by atoms with Gasteiger partial charge in [-0.25, -0.2) is 4.79 Å². The molecule has 1 atom stereocenters. The molecule has 0 aliphatic carbocycles. The molecule has 0 bridgehead atoms. The highest BCUT2D eigenvalue weighted by Gasteiger charge is 2.28. The summed E-state index contributed by atoms with van der Waals surface area (Å²) >= 11 is 0. The maximum atomic E-state index is 11.7. The van der Waals surface area contributed by atoms with Gasteiger partial charge in [0.25, 0.3) is 0 Å². The van der Waals surface area contributed by atoms with Gasteiger partial charge in [0.2, 0.25) is 0 Å². The monoisotopic (exact) mass is 277 g/mol. The molecular weight excluding hydrogens is 254 g/mol. The first-order valence-corrected chi connectivity index (χ1v) is 7.05. The summed E-state index contributed by atoms with van der Waals surface area (Å²) in [6.45, 7) is 5.68. The molecule has 1 aromatic carbocycles. The molecule has 0 amide bonds. The van der Waals surface area contributed by atoms with Crippen LogP contribution in [0.1, 0.15) is 42.6 Å². The third kappa shape index (κ3) is 3.81. The first-order valence-electron chi connectivity index (χ1n) is 7.05. The fourth-order valence-electron chi connectivity index (χ4n) is 2.64. The van der Waals surface area contributed by atoms with Crippen molar-refractivity contribution in [3.8, 4) is 0 Å². The zero-order chi connectivity index (χ0) is 14.6. The van der Waals surface area contributed by atoms with Gasteiger partial charge < -0.3 is 14.8 Å². The largest absolute Gasteiger partial charge is 0.465 e. The molecule has 0 aromatic heterocycles. The Balaban J connectivity index is 1.99. The number of hydrogen-bond donors (Lipinski definition) is 1. The van der Waals surface area contributed by atoms with Crippen molar-refractivity contribution in [1.29, 1.82) is 0 Å². The van der Waals surface area contributed by atoms with Gasteiger partial charge in [0.15, 0.2) is 0 Å². The number of carbonyl (C=O) groups excluding carboxylic acids is 1. The van der Waals surface area contributed by atoms with E-state index in [0.29, 0.717) is 18.2 Å². The average molecular weight is 277 g/mol. The third-order valence-electron chi connectivity index (χ3n) is 3.70. The Morgan fingerprint density at radius 2 is 2.20 bits per heavy atom. The number of esters is 1. The molecule has 110 valence electrons. The van der Waals surface area contributed by atoms with Crippen LogP contribution >= 0.6 is 0 Å². The smallest absolute Gasteiger partial charge is 0.338 e. The fraction of sp³-hybridized carbons (Fsp3) is 0.562. The fourth-order valence-corrected chi connectivity index (χ4v) is 2.64. The number of carbonyl (C=O) groups is 1. The van der Waals surface area contributed by atoms with E-state index in [0.717, 1.165) is 25.0 Å². The first kappa shape index (κ1) is 15.0. The first-order chi connectivity index (χ1) is 9.52. The summed E-state index contributed by atoms with van der Waals surface area (Å²) in [5.41, 5.74) is 1.54. The standard InChI is InChI=1S/C16H23NO3/c1-16(2)10-13(8-9-20-16)17-11-12-6-4-5-7-14(12)15(18)19-3/h4-7,13,17H,8-11H2,1-3H3. The van der Waals surface area contributed by atoms with Crippen LogP contribution in [0.2, 0.25) is 0 Å². The molecule has 0 saturated carbocycles. The van der Waals surface area contributed by atoms with Crippen molar-refractivity contribution < 1.29 is 14.3 Å². The molecule has 2 rings (SSSR count). The van der Waals surface area contributed by atoms with Crippen LogP contribution in [0.3, 0.4) is 0 Å². The minimum Gasteiger partial charge on any atom is -0.465 e. The maximum absolute atomic E-state index is 11.7. The van der Waals surface area contributed by atoms with Crippen LogP contribution in [0.5, 0.6) is 0 Å². The van der Waals surface area contributed by atoms with Gasteiger partial charge in [-0.1, -0.05) is 18.2 Å². The molecule has 4 nitrogen and oxygen atoms in total. The summed E-state index contributed by atoms with van der Waals surface area (Å²) < 4.78 is 10.5. The Bertz CT molecular complexity index is 471. The van der Waals surface area contributed by atoms with Crippen LogP contribution in [-0.2, 0) is 16.0 Å². The second-order valence-electron chi connectivity index (χ2n) is 5.83. The maximum Gasteiger partial charge on any atom is 0.338 e. The van der Waals surface area contributed by atoms with Crippen LogP contribution in [0.15, 0.2) is 24.3 Å². The van der Waals surface area contributed by atoms with Crippen LogP contribution in [-0.4, -0.2) is 31.3 Å². The minimum atomic E-state index is -0.283. The molecule has 1 N–H and O–H groups in total. The van der Waals surface area contributed by atoms with E-state index in [9.17, 15) is 4.79 Å². The summed E-state index contributed by atoms with van der Waals surface area (Å²) in [7, 11) is 1.41. The summed E-state index contributed by atoms with van der Waals surface area (Å²) in [4.78, 5) is 11.7. The van der Waals surface area contributed by atoms with Gasteiger partial charge in [-0.15, -0.1) is 0 Å². The lowest BCUT2D eigenvalue weighted by atomic mass is 9.93. The van der Waals surface area contributed by atoms with Gasteiger partial charge in [0, 0.05) is 19.2 Å². The highest BCUT2D eigenvalue weighted by molar-refractivity contribution is 5.90. The van der Waals surface area contributed by atoms with E-state index < -0.39 is 0 Å². The number of hydrogen-bond acceptors (Lipinski definition) is 4. The Morgan fingerprint density at radius 3 is 2.90 bits per heavy atom.